The topological polar surface area (TPSA) is 139 Å². The molecule has 1 amide bonds. The largest absolute Gasteiger partial charge is 0.490 e. The minimum Gasteiger partial charge on any atom is -0.475 e. The summed E-state index contributed by atoms with van der Waals surface area (Å²) < 4.78 is 33.4. The number of nitrogens with one attached hydrogen (secondary N) is 1. The van der Waals surface area contributed by atoms with Gasteiger partial charge in [-0.05, 0) is 55.7 Å². The number of alkyl halides is 3. The summed E-state index contributed by atoms with van der Waals surface area (Å²) in [7, 11) is 0. The molecule has 1 saturated heterocycles. The molecule has 4 N–H and O–H groups in total. The number of pyridine rings is 2. The third-order valence-electron chi connectivity index (χ3n) is 5.94. The Morgan fingerprint density at radius 2 is 1.87 bits per heavy atom. The van der Waals surface area contributed by atoms with Crippen molar-refractivity contribution in [3.05, 3.63) is 66.6 Å². The molecule has 3 aromatic heterocycles. The summed E-state index contributed by atoms with van der Waals surface area (Å²) in [5.74, 6) is -1.51. The van der Waals surface area contributed by atoms with Gasteiger partial charge in [-0.3, -0.25) is 4.79 Å². The number of fused-ring (bicyclic) bond motifs is 1. The van der Waals surface area contributed by atoms with Gasteiger partial charge in [-0.2, -0.15) is 18.3 Å². The zero-order valence-electron chi connectivity index (χ0n) is 20.2. The molecule has 0 radical (unpaired) electrons. The number of amides is 1. The van der Waals surface area contributed by atoms with Crippen LogP contribution in [0, 0.1) is 0 Å². The highest BCUT2D eigenvalue weighted by Gasteiger charge is 2.38. The Bertz CT molecular complexity index is 1470. The summed E-state index contributed by atoms with van der Waals surface area (Å²) in [4.78, 5) is 32.0. The van der Waals surface area contributed by atoms with Crippen molar-refractivity contribution in [2.45, 2.75) is 32.0 Å². The first kappa shape index (κ1) is 26.4. The number of primary amides is 1. The van der Waals surface area contributed by atoms with Crippen molar-refractivity contribution in [1.82, 2.24) is 19.6 Å². The fourth-order valence-corrected chi connectivity index (χ4v) is 4.09. The van der Waals surface area contributed by atoms with E-state index < -0.39 is 18.1 Å². The maximum absolute atomic E-state index is 11.6. The molecule has 4 heterocycles. The van der Waals surface area contributed by atoms with Crippen molar-refractivity contribution < 1.29 is 27.9 Å². The molecule has 198 valence electrons. The van der Waals surface area contributed by atoms with Gasteiger partial charge < -0.3 is 21.1 Å². The normalized spacial score (nSPS) is 15.2. The van der Waals surface area contributed by atoms with E-state index in [1.807, 2.05) is 42.6 Å². The molecule has 0 bridgehead atoms. The smallest absolute Gasteiger partial charge is 0.475 e. The molecule has 1 aliphatic rings. The van der Waals surface area contributed by atoms with Gasteiger partial charge >= 0.3 is 12.1 Å². The van der Waals surface area contributed by atoms with Crippen molar-refractivity contribution in [3.63, 3.8) is 0 Å². The molecule has 1 atom stereocenters. The molecule has 1 aromatic carbocycles. The summed E-state index contributed by atoms with van der Waals surface area (Å²) >= 11 is 0. The van der Waals surface area contributed by atoms with Gasteiger partial charge in [-0.15, -0.1) is 0 Å². The second-order valence-electron chi connectivity index (χ2n) is 8.61. The van der Waals surface area contributed by atoms with E-state index in [9.17, 15) is 18.0 Å². The fourth-order valence-electron chi connectivity index (χ4n) is 4.09. The maximum Gasteiger partial charge on any atom is 0.490 e. The first-order valence-electron chi connectivity index (χ1n) is 11.6. The zero-order chi connectivity index (χ0) is 27.4. The Hall–Kier alpha value is -4.68. The van der Waals surface area contributed by atoms with Gasteiger partial charge in [0.15, 0.2) is 5.65 Å². The van der Waals surface area contributed by atoms with E-state index in [-0.39, 0.29) is 0 Å². The van der Waals surface area contributed by atoms with Crippen LogP contribution in [0.5, 0.6) is 0 Å². The number of rotatable bonds is 5. The third-order valence-corrected chi connectivity index (χ3v) is 5.94. The van der Waals surface area contributed by atoms with E-state index in [0.717, 1.165) is 35.0 Å². The molecule has 13 heteroatoms. The van der Waals surface area contributed by atoms with Crippen LogP contribution in [0.25, 0.3) is 16.8 Å². The van der Waals surface area contributed by atoms with Gasteiger partial charge in [0.25, 0.3) is 0 Å². The molecule has 1 fully saturated rings. The minimum absolute atomic E-state index is 0.458. The van der Waals surface area contributed by atoms with Crippen molar-refractivity contribution in [1.29, 1.82) is 0 Å². The Morgan fingerprint density at radius 3 is 2.53 bits per heavy atom. The second-order valence-corrected chi connectivity index (χ2v) is 8.61. The van der Waals surface area contributed by atoms with Gasteiger partial charge in [-0.25, -0.2) is 19.3 Å². The summed E-state index contributed by atoms with van der Waals surface area (Å²) in [6, 6.07) is 15.7. The number of carboxylic acids is 1. The number of anilines is 3. The van der Waals surface area contributed by atoms with Gasteiger partial charge in [-0.1, -0.05) is 18.2 Å². The molecule has 0 saturated carbocycles. The summed E-state index contributed by atoms with van der Waals surface area (Å²) in [5.41, 5.74) is 9.12. The molecule has 1 unspecified atom stereocenters. The predicted octanol–water partition coefficient (Wildman–Crippen LogP) is 4.26. The molecule has 0 spiro atoms. The average molecular weight is 528 g/mol. The highest BCUT2D eigenvalue weighted by atomic mass is 19.4. The molecular formula is C25H24F3N7O3. The van der Waals surface area contributed by atoms with Crippen molar-refractivity contribution >= 4 is 34.8 Å². The molecular weight excluding hydrogens is 503 g/mol. The van der Waals surface area contributed by atoms with Crippen LogP contribution < -0.4 is 16.0 Å². The number of carboxylic acid groups (broad SMARTS) is 1. The molecule has 10 nitrogen and oxygen atoms in total. The number of hydrogen-bond donors (Lipinski definition) is 3. The quantitative estimate of drug-likeness (QED) is 0.350. The predicted molar refractivity (Wildman–Crippen MR) is 134 cm³/mol. The fraction of sp³-hybridized carbons (Fsp3) is 0.240. The van der Waals surface area contributed by atoms with Crippen LogP contribution >= 0.6 is 0 Å². The van der Waals surface area contributed by atoms with Gasteiger partial charge in [0.2, 0.25) is 5.91 Å². The number of hydrogen-bond acceptors (Lipinski definition) is 7. The van der Waals surface area contributed by atoms with Crippen LogP contribution in [0.2, 0.25) is 0 Å². The lowest BCUT2D eigenvalue weighted by Crippen LogP contribution is -2.27. The van der Waals surface area contributed by atoms with Crippen LogP contribution in [-0.4, -0.2) is 55.3 Å². The lowest BCUT2D eigenvalue weighted by molar-refractivity contribution is -0.192. The molecule has 0 aliphatic carbocycles. The van der Waals surface area contributed by atoms with Gasteiger partial charge in [0.1, 0.15) is 18.0 Å². The number of halogens is 3. The Balaban J connectivity index is 0.000000426. The van der Waals surface area contributed by atoms with Crippen LogP contribution in [0.1, 0.15) is 30.1 Å². The van der Waals surface area contributed by atoms with E-state index >= 15 is 0 Å². The number of aliphatic carboxylic acids is 1. The SMILES string of the molecule is CC1CCCN1c1cccc(Nc2cc(-c3cccc(C(N)=O)c3)cn3ncnc23)n1.O=C(O)C(F)(F)F. The van der Waals surface area contributed by atoms with E-state index in [2.05, 4.69) is 27.2 Å². The van der Waals surface area contributed by atoms with Gasteiger partial charge in [0.05, 0.1) is 5.69 Å². The standard InChI is InChI=1S/C23H23N7O.C2HF3O2/c1-15-5-4-10-29(15)21-9-3-8-20(28-21)27-19-12-18(13-30-23(19)25-14-26-30)16-6-2-7-17(11-16)22(24)31;3-2(4,5)1(6)7/h2-3,6-9,11-15H,4-5,10H2,1H3,(H2,24,31)(H,27,28);(H,6,7). The van der Waals surface area contributed by atoms with Crippen LogP contribution in [0.3, 0.4) is 0 Å². The lowest BCUT2D eigenvalue weighted by Gasteiger charge is -2.23. The Morgan fingerprint density at radius 1 is 1.13 bits per heavy atom. The van der Waals surface area contributed by atoms with Crippen molar-refractivity contribution in [3.8, 4) is 11.1 Å². The van der Waals surface area contributed by atoms with Gasteiger partial charge in [0, 0.05) is 29.9 Å². The first-order valence-corrected chi connectivity index (χ1v) is 11.6. The number of nitrogens with two attached hydrogens (primary N) is 1. The van der Waals surface area contributed by atoms with E-state index in [0.29, 0.717) is 17.3 Å². The van der Waals surface area contributed by atoms with Crippen LogP contribution in [-0.2, 0) is 4.79 Å². The summed E-state index contributed by atoms with van der Waals surface area (Å²) in [6.07, 6.45) is 0.683. The summed E-state index contributed by atoms with van der Waals surface area (Å²) in [5, 5.41) is 14.8. The maximum atomic E-state index is 11.6. The first-order chi connectivity index (χ1) is 18.0. The second kappa shape index (κ2) is 10.7. The van der Waals surface area contributed by atoms with E-state index in [4.69, 9.17) is 20.6 Å². The van der Waals surface area contributed by atoms with E-state index in [1.54, 1.807) is 16.6 Å². The summed E-state index contributed by atoms with van der Waals surface area (Å²) in [6.45, 7) is 3.26. The van der Waals surface area contributed by atoms with E-state index in [1.165, 1.54) is 19.2 Å². The monoisotopic (exact) mass is 527 g/mol. The third kappa shape index (κ3) is 5.99. The lowest BCUT2D eigenvalue weighted by atomic mass is 10.0. The Labute approximate surface area is 214 Å². The number of aromatic nitrogens is 4. The zero-order valence-corrected chi connectivity index (χ0v) is 20.2. The highest BCUT2D eigenvalue weighted by molar-refractivity contribution is 5.94. The van der Waals surface area contributed by atoms with Crippen molar-refractivity contribution in [2.24, 2.45) is 5.73 Å². The minimum atomic E-state index is -5.08. The molecule has 5 rings (SSSR count). The highest BCUT2D eigenvalue weighted by Crippen LogP contribution is 2.29. The Kier molecular flexibility index (Phi) is 7.46. The average Bonchev–Trinajstić information content (AvgIpc) is 3.53. The molecule has 1 aliphatic heterocycles. The molecule has 4 aromatic rings. The van der Waals surface area contributed by atoms with Crippen LogP contribution in [0.4, 0.5) is 30.5 Å². The molecule has 38 heavy (non-hydrogen) atoms. The number of nitrogens with zero attached hydrogens (tertiary/aromatic N) is 5. The van der Waals surface area contributed by atoms with Crippen LogP contribution in [0.15, 0.2) is 61.1 Å². The van der Waals surface area contributed by atoms with Crippen molar-refractivity contribution in [2.75, 3.05) is 16.8 Å². The number of carbonyl (C=O) groups is 2. The number of carbonyl (C=O) groups excluding carboxylic acids is 1. The number of benzene rings is 1.